The second-order valence-corrected chi connectivity index (χ2v) is 10.7. The van der Waals surface area contributed by atoms with E-state index in [2.05, 4.69) is 10.5 Å². The Morgan fingerprint density at radius 2 is 1.74 bits per heavy atom. The lowest BCUT2D eigenvalue weighted by Crippen LogP contribution is -2.41. The summed E-state index contributed by atoms with van der Waals surface area (Å²) in [5.41, 5.74) is 3.40. The first-order valence-corrected chi connectivity index (χ1v) is 12.9. The van der Waals surface area contributed by atoms with E-state index in [1.807, 2.05) is 32.0 Å². The molecule has 1 aliphatic heterocycles. The number of amides is 1. The molecule has 0 bridgehead atoms. The van der Waals surface area contributed by atoms with Gasteiger partial charge in [0.1, 0.15) is 11.5 Å². The molecule has 0 atom stereocenters. The number of nitrogens with one attached hydrogen (secondary N) is 1. The van der Waals surface area contributed by atoms with Crippen molar-refractivity contribution in [2.45, 2.75) is 38.5 Å². The van der Waals surface area contributed by atoms with Gasteiger partial charge in [-0.15, -0.1) is 0 Å². The lowest BCUT2D eigenvalue weighted by Gasteiger charge is -2.30. The van der Waals surface area contributed by atoms with E-state index < -0.39 is 15.8 Å². The Morgan fingerprint density at radius 3 is 2.40 bits per heavy atom. The van der Waals surface area contributed by atoms with Gasteiger partial charge in [0.05, 0.1) is 0 Å². The van der Waals surface area contributed by atoms with Crippen molar-refractivity contribution in [3.63, 3.8) is 0 Å². The maximum atomic E-state index is 13.9. The van der Waals surface area contributed by atoms with Crippen molar-refractivity contribution < 1.29 is 22.1 Å². The highest BCUT2D eigenvalue weighted by Crippen LogP contribution is 2.30. The van der Waals surface area contributed by atoms with Gasteiger partial charge < -0.3 is 9.84 Å². The molecular weight excluding hydrogens is 469 g/mol. The molecule has 1 fully saturated rings. The molecule has 184 valence electrons. The lowest BCUT2D eigenvalue weighted by molar-refractivity contribution is -0.120. The van der Waals surface area contributed by atoms with Crippen molar-refractivity contribution in [2.75, 3.05) is 18.4 Å². The van der Waals surface area contributed by atoms with Crippen LogP contribution in [0.4, 0.5) is 10.1 Å². The number of piperidine rings is 1. The number of sulfonamides is 1. The Balaban J connectivity index is 1.46. The third kappa shape index (κ3) is 5.52. The first kappa shape index (κ1) is 24.8. The minimum Gasteiger partial charge on any atom is -0.355 e. The van der Waals surface area contributed by atoms with Crippen LogP contribution in [0.1, 0.15) is 41.0 Å². The van der Waals surface area contributed by atoms with Crippen LogP contribution in [0.3, 0.4) is 0 Å². The van der Waals surface area contributed by atoms with E-state index in [4.69, 9.17) is 4.52 Å². The summed E-state index contributed by atoms with van der Waals surface area (Å²) in [7, 11) is -3.91. The van der Waals surface area contributed by atoms with E-state index >= 15 is 0 Å². The summed E-state index contributed by atoms with van der Waals surface area (Å²) in [6.07, 6.45) is 3.67. The monoisotopic (exact) mass is 497 g/mol. The Hall–Kier alpha value is -3.30. The normalized spacial score (nSPS) is 15.5. The Bertz CT molecular complexity index is 1350. The van der Waals surface area contributed by atoms with Gasteiger partial charge in [0.25, 0.3) is 0 Å². The fourth-order valence-corrected chi connectivity index (χ4v) is 6.07. The van der Waals surface area contributed by atoms with Gasteiger partial charge in [-0.05, 0) is 75.1 Å². The molecule has 2 heterocycles. The molecular formula is C26H28FN3O4S. The molecule has 4 rings (SSSR count). The smallest absolute Gasteiger partial charge is 0.248 e. The highest BCUT2D eigenvalue weighted by Gasteiger charge is 2.36. The van der Waals surface area contributed by atoms with Crippen LogP contribution < -0.4 is 5.32 Å². The number of aromatic nitrogens is 1. The van der Waals surface area contributed by atoms with E-state index in [1.54, 1.807) is 25.1 Å². The van der Waals surface area contributed by atoms with Gasteiger partial charge in [0.15, 0.2) is 10.7 Å². The van der Waals surface area contributed by atoms with Crippen molar-refractivity contribution >= 4 is 33.8 Å². The number of carbonyl (C=O) groups excluding carboxylic acids is 1. The van der Waals surface area contributed by atoms with Crippen molar-refractivity contribution in [3.05, 3.63) is 76.4 Å². The number of benzene rings is 2. The highest BCUT2D eigenvalue weighted by atomic mass is 32.2. The summed E-state index contributed by atoms with van der Waals surface area (Å²) in [4.78, 5) is 12.7. The van der Waals surface area contributed by atoms with Crippen LogP contribution in [0.2, 0.25) is 0 Å². The van der Waals surface area contributed by atoms with E-state index in [9.17, 15) is 17.6 Å². The predicted octanol–water partition coefficient (Wildman–Crippen LogP) is 4.95. The maximum absolute atomic E-state index is 13.9. The number of aryl methyl sites for hydroxylation is 3. The predicted molar refractivity (Wildman–Crippen MR) is 133 cm³/mol. The zero-order valence-electron chi connectivity index (χ0n) is 19.9. The third-order valence-electron chi connectivity index (χ3n) is 6.06. The molecule has 1 aliphatic rings. The molecule has 0 unspecified atom stereocenters. The average Bonchev–Trinajstić information content (AvgIpc) is 3.19. The van der Waals surface area contributed by atoms with Crippen LogP contribution in [0.5, 0.6) is 0 Å². The van der Waals surface area contributed by atoms with Gasteiger partial charge in [-0.1, -0.05) is 29.4 Å². The number of nitrogens with zero attached hydrogens (tertiary/aromatic N) is 2. The number of anilines is 1. The summed E-state index contributed by atoms with van der Waals surface area (Å²) in [6, 6.07) is 12.0. The number of hydrogen-bond acceptors (Lipinski definition) is 5. The summed E-state index contributed by atoms with van der Waals surface area (Å²) in [6.45, 7) is 5.90. The first-order chi connectivity index (χ1) is 16.6. The molecule has 1 amide bonds. The van der Waals surface area contributed by atoms with Gasteiger partial charge in [-0.2, -0.15) is 4.31 Å². The number of hydrogen-bond donors (Lipinski definition) is 1. The molecule has 35 heavy (non-hydrogen) atoms. The van der Waals surface area contributed by atoms with Crippen LogP contribution in [-0.4, -0.2) is 36.9 Å². The lowest BCUT2D eigenvalue weighted by atomic mass is 9.97. The molecule has 3 aromatic rings. The fourth-order valence-electron chi connectivity index (χ4n) is 4.35. The molecule has 1 N–H and O–H groups in total. The van der Waals surface area contributed by atoms with E-state index in [0.717, 1.165) is 16.8 Å². The number of rotatable bonds is 6. The second-order valence-electron chi connectivity index (χ2n) is 8.86. The molecule has 1 saturated heterocycles. The van der Waals surface area contributed by atoms with Gasteiger partial charge in [0, 0.05) is 30.3 Å². The summed E-state index contributed by atoms with van der Waals surface area (Å²) in [5.74, 6) is -0.779. The molecule has 0 aliphatic carbocycles. The molecule has 7 nitrogen and oxygen atoms in total. The van der Waals surface area contributed by atoms with Crippen LogP contribution in [0, 0.1) is 32.5 Å². The molecule has 0 radical (unpaired) electrons. The van der Waals surface area contributed by atoms with Crippen LogP contribution in [-0.2, 0) is 14.8 Å². The zero-order chi connectivity index (χ0) is 25.2. The Morgan fingerprint density at radius 1 is 1.09 bits per heavy atom. The zero-order valence-corrected chi connectivity index (χ0v) is 20.7. The second kappa shape index (κ2) is 10.1. The van der Waals surface area contributed by atoms with Gasteiger partial charge in [-0.3, -0.25) is 4.79 Å². The van der Waals surface area contributed by atoms with Gasteiger partial charge in [0.2, 0.25) is 15.9 Å². The summed E-state index contributed by atoms with van der Waals surface area (Å²) < 4.78 is 47.4. The highest BCUT2D eigenvalue weighted by molar-refractivity contribution is 7.89. The van der Waals surface area contributed by atoms with Crippen molar-refractivity contribution in [1.82, 2.24) is 9.46 Å². The average molecular weight is 498 g/mol. The molecule has 9 heteroatoms. The standard InChI is InChI=1S/C26H28FN3O4S/c1-17-14-18(2)16-22(15-17)28-26(31)21-10-12-30(13-11-21)35(32,33)25-19(3)29-34-24(25)9-8-20-6-4-5-7-23(20)27/h4-9,14-16,21H,10-13H2,1-3H3,(H,28,31). The maximum Gasteiger partial charge on any atom is 0.248 e. The minimum absolute atomic E-state index is 0.0387. The van der Waals surface area contributed by atoms with Crippen LogP contribution in [0.15, 0.2) is 51.9 Å². The van der Waals surface area contributed by atoms with Gasteiger partial charge in [-0.25, -0.2) is 12.8 Å². The van der Waals surface area contributed by atoms with Crippen LogP contribution >= 0.6 is 0 Å². The van der Waals surface area contributed by atoms with Gasteiger partial charge >= 0.3 is 0 Å². The van der Waals surface area contributed by atoms with Crippen molar-refractivity contribution in [2.24, 2.45) is 5.92 Å². The summed E-state index contributed by atoms with van der Waals surface area (Å²) >= 11 is 0. The van der Waals surface area contributed by atoms with E-state index in [1.165, 1.54) is 22.5 Å². The molecule has 0 saturated carbocycles. The SMILES string of the molecule is Cc1cc(C)cc(NC(=O)C2CCN(S(=O)(=O)c3c(C)noc3C=Cc3ccccc3F)CC2)c1. The van der Waals surface area contributed by atoms with E-state index in [0.29, 0.717) is 18.4 Å². The Kier molecular flexibility index (Phi) is 7.18. The quantitative estimate of drug-likeness (QED) is 0.520. The fraction of sp³-hybridized carbons (Fsp3) is 0.308. The molecule has 0 spiro atoms. The minimum atomic E-state index is -3.91. The molecule has 1 aromatic heterocycles. The largest absolute Gasteiger partial charge is 0.355 e. The topological polar surface area (TPSA) is 92.5 Å². The first-order valence-electron chi connectivity index (χ1n) is 11.4. The Labute approximate surface area is 204 Å². The third-order valence-corrected chi connectivity index (χ3v) is 8.12. The van der Waals surface area contributed by atoms with E-state index in [-0.39, 0.29) is 41.3 Å². The molecule has 2 aromatic carbocycles. The number of halogens is 1. The van der Waals surface area contributed by atoms with Crippen molar-refractivity contribution in [3.8, 4) is 0 Å². The van der Waals surface area contributed by atoms with Crippen molar-refractivity contribution in [1.29, 1.82) is 0 Å². The number of carbonyl (C=O) groups is 1. The summed E-state index contributed by atoms with van der Waals surface area (Å²) in [5, 5.41) is 6.78. The van der Waals surface area contributed by atoms with Crippen LogP contribution in [0.25, 0.3) is 12.2 Å².